The van der Waals surface area contributed by atoms with Crippen LogP contribution in [0.5, 0.6) is 5.75 Å². The lowest BCUT2D eigenvalue weighted by Gasteiger charge is -2.28. The molecule has 3 aromatic rings. The zero-order chi connectivity index (χ0) is 28.4. The molecule has 1 fully saturated rings. The lowest BCUT2D eigenvalue weighted by atomic mass is 10.0. The molecule has 4 rings (SSSR count). The third-order valence-corrected chi connectivity index (χ3v) is 8.04. The average Bonchev–Trinajstić information content (AvgIpc) is 3.35. The standard InChI is InChI=1S/C27H32N2O2S.C6H14O/c1-17(2)12-24-10-11-26(32-24)21-7-5-6-20(13-21)19(4)29-27(30)25-14-22(9-8-18(25)3)31-23-15-28-16-23;1-3-5-6(7)4-2/h5-11,13-14,17,19,23,28H,12,15-16H2,1-4H3,(H,29,30);6-7H,3-5H2,1-2H3. The van der Waals surface area contributed by atoms with Crippen LogP contribution in [-0.2, 0) is 6.42 Å². The molecule has 39 heavy (non-hydrogen) atoms. The van der Waals surface area contributed by atoms with Crippen LogP contribution in [0.2, 0.25) is 0 Å². The normalized spacial score (nSPS) is 14.7. The Bertz CT molecular complexity index is 1190. The number of aliphatic hydroxyl groups excluding tert-OH is 1. The fourth-order valence-corrected chi connectivity index (χ4v) is 5.57. The fourth-order valence-electron chi connectivity index (χ4n) is 4.36. The molecule has 0 radical (unpaired) electrons. The Morgan fingerprint density at radius 1 is 1.10 bits per heavy atom. The number of hydrogen-bond acceptors (Lipinski definition) is 5. The number of benzene rings is 2. The van der Waals surface area contributed by atoms with Gasteiger partial charge < -0.3 is 20.5 Å². The Balaban J connectivity index is 0.000000532. The highest BCUT2D eigenvalue weighted by atomic mass is 32.1. The second kappa shape index (κ2) is 15.2. The van der Waals surface area contributed by atoms with Crippen LogP contribution >= 0.6 is 11.3 Å². The number of rotatable bonds is 11. The van der Waals surface area contributed by atoms with Gasteiger partial charge in [-0.25, -0.2) is 0 Å². The van der Waals surface area contributed by atoms with E-state index in [1.54, 1.807) is 0 Å². The third kappa shape index (κ3) is 9.48. The Kier molecular flexibility index (Phi) is 12.0. The Labute approximate surface area is 239 Å². The quantitative estimate of drug-likeness (QED) is 0.234. The number of amides is 1. The van der Waals surface area contributed by atoms with Crippen LogP contribution in [0.15, 0.2) is 54.6 Å². The number of carbonyl (C=O) groups excluding carboxylic acids is 1. The van der Waals surface area contributed by atoms with Gasteiger partial charge in [0, 0.05) is 28.4 Å². The lowest BCUT2D eigenvalue weighted by Crippen LogP contribution is -2.50. The molecular formula is C33H46N2O3S. The second-order valence-electron chi connectivity index (χ2n) is 10.9. The van der Waals surface area contributed by atoms with Crippen LogP contribution in [0.1, 0.15) is 86.3 Å². The fraction of sp³-hybridized carbons (Fsp3) is 0.485. The van der Waals surface area contributed by atoms with Gasteiger partial charge in [-0.1, -0.05) is 58.4 Å². The maximum Gasteiger partial charge on any atom is 0.252 e. The van der Waals surface area contributed by atoms with Crippen LogP contribution in [0.4, 0.5) is 0 Å². The van der Waals surface area contributed by atoms with E-state index in [-0.39, 0.29) is 24.2 Å². The first-order valence-electron chi connectivity index (χ1n) is 14.4. The number of ether oxygens (including phenoxy) is 1. The Hall–Kier alpha value is -2.67. The molecule has 1 amide bonds. The third-order valence-electron chi connectivity index (χ3n) is 6.88. The van der Waals surface area contributed by atoms with E-state index in [9.17, 15) is 4.79 Å². The summed E-state index contributed by atoms with van der Waals surface area (Å²) in [7, 11) is 0. The van der Waals surface area contributed by atoms with E-state index in [0.29, 0.717) is 11.5 Å². The van der Waals surface area contributed by atoms with E-state index in [4.69, 9.17) is 9.84 Å². The van der Waals surface area contributed by atoms with Gasteiger partial charge in [0.25, 0.3) is 5.91 Å². The van der Waals surface area contributed by atoms with E-state index in [0.717, 1.165) is 55.6 Å². The highest BCUT2D eigenvalue weighted by Gasteiger charge is 2.20. The Morgan fingerprint density at radius 3 is 2.49 bits per heavy atom. The Morgan fingerprint density at radius 2 is 1.87 bits per heavy atom. The molecule has 1 aliphatic rings. The van der Waals surface area contributed by atoms with Crippen molar-refractivity contribution in [2.45, 2.75) is 85.5 Å². The van der Waals surface area contributed by atoms with Gasteiger partial charge in [0.2, 0.25) is 0 Å². The first-order valence-corrected chi connectivity index (χ1v) is 15.2. The topological polar surface area (TPSA) is 70.6 Å². The van der Waals surface area contributed by atoms with Crippen molar-refractivity contribution < 1.29 is 14.6 Å². The molecule has 2 aromatic carbocycles. The van der Waals surface area contributed by atoms with E-state index >= 15 is 0 Å². The maximum absolute atomic E-state index is 13.1. The summed E-state index contributed by atoms with van der Waals surface area (Å²) < 4.78 is 5.93. The first-order chi connectivity index (χ1) is 18.7. The summed E-state index contributed by atoms with van der Waals surface area (Å²) in [4.78, 5) is 15.7. The summed E-state index contributed by atoms with van der Waals surface area (Å²) in [5, 5.41) is 15.2. The molecule has 1 aromatic heterocycles. The second-order valence-corrected chi connectivity index (χ2v) is 12.1. The molecule has 3 N–H and O–H groups in total. The summed E-state index contributed by atoms with van der Waals surface area (Å²) in [6.07, 6.45) is 4.19. The van der Waals surface area contributed by atoms with Gasteiger partial charge in [0.15, 0.2) is 0 Å². The highest BCUT2D eigenvalue weighted by Crippen LogP contribution is 2.31. The van der Waals surface area contributed by atoms with E-state index in [1.165, 1.54) is 15.3 Å². The predicted molar refractivity (Wildman–Crippen MR) is 164 cm³/mol. The summed E-state index contributed by atoms with van der Waals surface area (Å²) in [5.74, 6) is 1.32. The summed E-state index contributed by atoms with van der Waals surface area (Å²) >= 11 is 1.85. The number of carbonyl (C=O) groups is 1. The molecule has 0 spiro atoms. The van der Waals surface area contributed by atoms with Gasteiger partial charge in [0.1, 0.15) is 11.9 Å². The molecule has 6 heteroatoms. The van der Waals surface area contributed by atoms with Crippen LogP contribution in [0, 0.1) is 12.8 Å². The van der Waals surface area contributed by atoms with Crippen molar-refractivity contribution in [2.75, 3.05) is 13.1 Å². The molecule has 5 nitrogen and oxygen atoms in total. The minimum atomic E-state index is -0.0997. The lowest BCUT2D eigenvalue weighted by molar-refractivity contribution is 0.0937. The van der Waals surface area contributed by atoms with Gasteiger partial charge >= 0.3 is 0 Å². The van der Waals surface area contributed by atoms with Crippen molar-refractivity contribution in [1.29, 1.82) is 0 Å². The smallest absolute Gasteiger partial charge is 0.252 e. The van der Waals surface area contributed by atoms with Crippen molar-refractivity contribution in [3.8, 4) is 16.2 Å². The van der Waals surface area contributed by atoms with Crippen molar-refractivity contribution in [3.05, 3.63) is 76.2 Å². The first kappa shape index (κ1) is 30.9. The van der Waals surface area contributed by atoms with Gasteiger partial charge in [-0.15, -0.1) is 11.3 Å². The molecule has 0 aliphatic carbocycles. The van der Waals surface area contributed by atoms with E-state index < -0.39 is 0 Å². The van der Waals surface area contributed by atoms with Gasteiger partial charge in [-0.3, -0.25) is 4.79 Å². The molecule has 1 aliphatic heterocycles. The average molecular weight is 551 g/mol. The molecule has 0 bridgehead atoms. The molecule has 2 heterocycles. The predicted octanol–water partition coefficient (Wildman–Crippen LogP) is 7.32. The minimum Gasteiger partial charge on any atom is -0.488 e. The van der Waals surface area contributed by atoms with Gasteiger partial charge in [-0.05, 0) is 86.1 Å². The van der Waals surface area contributed by atoms with Crippen LogP contribution in [0.25, 0.3) is 10.4 Å². The van der Waals surface area contributed by atoms with E-state index in [2.05, 4.69) is 67.8 Å². The molecule has 1 saturated heterocycles. The van der Waals surface area contributed by atoms with Crippen molar-refractivity contribution >= 4 is 17.2 Å². The van der Waals surface area contributed by atoms with Gasteiger partial charge in [-0.2, -0.15) is 0 Å². The van der Waals surface area contributed by atoms with Crippen LogP contribution in [0.3, 0.4) is 0 Å². The van der Waals surface area contributed by atoms with Crippen LogP contribution < -0.4 is 15.4 Å². The SMILES string of the molecule is CCCC(O)CC.Cc1ccc(OC2CNC2)cc1C(=O)NC(C)c1cccc(-c2ccc(CC(C)C)s2)c1. The molecule has 2 unspecified atom stereocenters. The van der Waals surface area contributed by atoms with Crippen molar-refractivity contribution in [1.82, 2.24) is 10.6 Å². The summed E-state index contributed by atoms with van der Waals surface area (Å²) in [6, 6.07) is 18.6. The van der Waals surface area contributed by atoms with Gasteiger partial charge in [0.05, 0.1) is 12.1 Å². The minimum absolute atomic E-state index is 0.0509. The summed E-state index contributed by atoms with van der Waals surface area (Å²) in [6.45, 7) is 14.3. The van der Waals surface area contributed by atoms with Crippen LogP contribution in [-0.4, -0.2) is 36.3 Å². The monoisotopic (exact) mass is 550 g/mol. The highest BCUT2D eigenvalue weighted by molar-refractivity contribution is 7.15. The largest absolute Gasteiger partial charge is 0.488 e. The van der Waals surface area contributed by atoms with E-state index in [1.807, 2.05) is 50.3 Å². The molecular weight excluding hydrogens is 504 g/mol. The molecule has 2 atom stereocenters. The molecule has 0 saturated carbocycles. The number of aryl methyl sites for hydroxylation is 1. The molecule has 212 valence electrons. The van der Waals surface area contributed by atoms with Crippen molar-refractivity contribution in [2.24, 2.45) is 5.92 Å². The summed E-state index contributed by atoms with van der Waals surface area (Å²) in [5.41, 5.74) is 3.90. The van der Waals surface area contributed by atoms with Crippen molar-refractivity contribution in [3.63, 3.8) is 0 Å². The zero-order valence-corrected chi connectivity index (χ0v) is 25.2. The maximum atomic E-state index is 13.1. The number of aliphatic hydroxyl groups is 1. The number of thiophene rings is 1. The zero-order valence-electron chi connectivity index (χ0n) is 24.4. The number of hydrogen-bond donors (Lipinski definition) is 3. The number of nitrogens with one attached hydrogen (secondary N) is 2.